The summed E-state index contributed by atoms with van der Waals surface area (Å²) in [5, 5.41) is 0. The number of fused-ring (bicyclic) bond motifs is 1. The van der Waals surface area contributed by atoms with E-state index in [-0.39, 0.29) is 10.2 Å². The molecule has 92 valence electrons. The molecule has 0 bridgehead atoms. The maximum atomic E-state index is 11.0. The lowest BCUT2D eigenvalue weighted by molar-refractivity contribution is 0.112. The summed E-state index contributed by atoms with van der Waals surface area (Å²) in [4.78, 5) is 12.4. The highest BCUT2D eigenvalue weighted by molar-refractivity contribution is 8.00. The standard InChI is InChI=1S/C15H20OS/c1-10-6-13-12(7-11(10)8-16)14(2,3)9-15(4,5)17-13/h6-8H,9H2,1-5H3. The third-order valence-electron chi connectivity index (χ3n) is 3.48. The van der Waals surface area contributed by atoms with Crippen LogP contribution in [-0.2, 0) is 5.41 Å². The fraction of sp³-hybridized carbons (Fsp3) is 0.533. The Bertz CT molecular complexity index is 472. The summed E-state index contributed by atoms with van der Waals surface area (Å²) in [6.07, 6.45) is 2.11. The quantitative estimate of drug-likeness (QED) is 0.687. The van der Waals surface area contributed by atoms with Gasteiger partial charge in [-0.05, 0) is 42.0 Å². The average molecular weight is 248 g/mol. The van der Waals surface area contributed by atoms with E-state index in [4.69, 9.17) is 0 Å². The first kappa shape index (κ1) is 12.7. The Hall–Kier alpha value is -0.760. The monoisotopic (exact) mass is 248 g/mol. The molecule has 0 fully saturated rings. The van der Waals surface area contributed by atoms with Crippen LogP contribution in [0.1, 0.15) is 55.6 Å². The SMILES string of the molecule is Cc1cc2c(cc1C=O)C(C)(C)CC(C)(C)S2. The predicted octanol–water partition coefficient (Wildman–Crippen LogP) is 4.36. The molecule has 1 aliphatic rings. The van der Waals surface area contributed by atoms with E-state index in [0.717, 1.165) is 23.8 Å². The third kappa shape index (κ3) is 2.28. The van der Waals surface area contributed by atoms with Crippen LogP contribution in [0, 0.1) is 6.92 Å². The van der Waals surface area contributed by atoms with Gasteiger partial charge in [-0.2, -0.15) is 0 Å². The van der Waals surface area contributed by atoms with Crippen LogP contribution in [0.2, 0.25) is 0 Å². The molecule has 1 aliphatic heterocycles. The maximum Gasteiger partial charge on any atom is 0.150 e. The van der Waals surface area contributed by atoms with Crippen LogP contribution in [-0.4, -0.2) is 11.0 Å². The van der Waals surface area contributed by atoms with Gasteiger partial charge in [-0.15, -0.1) is 11.8 Å². The molecule has 0 saturated heterocycles. The van der Waals surface area contributed by atoms with Crippen LogP contribution >= 0.6 is 11.8 Å². The van der Waals surface area contributed by atoms with Crippen molar-refractivity contribution < 1.29 is 4.79 Å². The van der Waals surface area contributed by atoms with Gasteiger partial charge in [-0.1, -0.05) is 27.7 Å². The highest BCUT2D eigenvalue weighted by Crippen LogP contribution is 2.51. The zero-order valence-corrected chi connectivity index (χ0v) is 12.1. The highest BCUT2D eigenvalue weighted by atomic mass is 32.2. The Morgan fingerprint density at radius 2 is 1.88 bits per heavy atom. The molecule has 0 N–H and O–H groups in total. The molecule has 0 radical (unpaired) electrons. The topological polar surface area (TPSA) is 17.1 Å². The lowest BCUT2D eigenvalue weighted by Crippen LogP contribution is -2.33. The Kier molecular flexibility index (Phi) is 2.89. The number of benzene rings is 1. The van der Waals surface area contributed by atoms with Crippen LogP contribution in [0.3, 0.4) is 0 Å². The van der Waals surface area contributed by atoms with Crippen molar-refractivity contribution >= 4 is 18.0 Å². The van der Waals surface area contributed by atoms with E-state index in [0.29, 0.717) is 0 Å². The lowest BCUT2D eigenvalue weighted by atomic mass is 9.76. The second-order valence-electron chi connectivity index (χ2n) is 6.25. The molecule has 0 amide bonds. The fourth-order valence-corrected chi connectivity index (χ4v) is 4.64. The molecule has 0 aromatic heterocycles. The molecule has 2 heteroatoms. The molecular weight excluding hydrogens is 228 g/mol. The van der Waals surface area contributed by atoms with E-state index in [1.165, 1.54) is 10.5 Å². The summed E-state index contributed by atoms with van der Waals surface area (Å²) < 4.78 is 0.269. The minimum atomic E-state index is 0.148. The van der Waals surface area contributed by atoms with E-state index < -0.39 is 0 Å². The summed E-state index contributed by atoms with van der Waals surface area (Å²) in [5.41, 5.74) is 3.39. The summed E-state index contributed by atoms with van der Waals surface area (Å²) in [7, 11) is 0. The molecular formula is C15H20OS. The van der Waals surface area contributed by atoms with Crippen molar-refractivity contribution in [2.45, 2.75) is 56.1 Å². The number of rotatable bonds is 1. The molecule has 0 saturated carbocycles. The van der Waals surface area contributed by atoms with Gasteiger partial charge in [0.2, 0.25) is 0 Å². The smallest absolute Gasteiger partial charge is 0.150 e. The number of aryl methyl sites for hydroxylation is 1. The second kappa shape index (κ2) is 3.88. The van der Waals surface area contributed by atoms with Gasteiger partial charge in [0.25, 0.3) is 0 Å². The first-order valence-electron chi connectivity index (χ1n) is 6.04. The minimum Gasteiger partial charge on any atom is -0.298 e. The molecule has 1 heterocycles. The summed E-state index contributed by atoms with van der Waals surface area (Å²) in [6.45, 7) is 11.2. The van der Waals surface area contributed by atoms with Gasteiger partial charge in [-0.3, -0.25) is 4.79 Å². The van der Waals surface area contributed by atoms with E-state index in [1.54, 1.807) is 0 Å². The number of carbonyl (C=O) groups excluding carboxylic acids is 1. The van der Waals surface area contributed by atoms with Gasteiger partial charge >= 0.3 is 0 Å². The Labute approximate surface area is 108 Å². The van der Waals surface area contributed by atoms with Crippen molar-refractivity contribution in [3.63, 3.8) is 0 Å². The van der Waals surface area contributed by atoms with Crippen LogP contribution < -0.4 is 0 Å². The zero-order chi connectivity index (χ0) is 12.8. The zero-order valence-electron chi connectivity index (χ0n) is 11.3. The summed E-state index contributed by atoms with van der Waals surface area (Å²) >= 11 is 1.93. The fourth-order valence-electron chi connectivity index (χ4n) is 2.93. The largest absolute Gasteiger partial charge is 0.298 e. The Morgan fingerprint density at radius 1 is 1.24 bits per heavy atom. The van der Waals surface area contributed by atoms with E-state index in [9.17, 15) is 4.79 Å². The number of hydrogen-bond donors (Lipinski definition) is 0. The van der Waals surface area contributed by atoms with Gasteiger partial charge in [0.1, 0.15) is 6.29 Å². The van der Waals surface area contributed by atoms with Crippen LogP contribution in [0.5, 0.6) is 0 Å². The van der Waals surface area contributed by atoms with Crippen molar-refractivity contribution in [1.82, 2.24) is 0 Å². The van der Waals surface area contributed by atoms with E-state index in [2.05, 4.69) is 39.8 Å². The molecule has 1 aromatic carbocycles. The number of aldehydes is 1. The molecule has 0 aliphatic carbocycles. The van der Waals surface area contributed by atoms with Crippen molar-refractivity contribution in [2.24, 2.45) is 0 Å². The highest BCUT2D eigenvalue weighted by Gasteiger charge is 2.38. The number of thioether (sulfide) groups is 1. The minimum absolute atomic E-state index is 0.148. The molecule has 0 unspecified atom stereocenters. The van der Waals surface area contributed by atoms with Crippen molar-refractivity contribution in [3.8, 4) is 0 Å². The van der Waals surface area contributed by atoms with Crippen LogP contribution in [0.4, 0.5) is 0 Å². The summed E-state index contributed by atoms with van der Waals surface area (Å²) in [5.74, 6) is 0. The van der Waals surface area contributed by atoms with Crippen molar-refractivity contribution in [3.05, 3.63) is 28.8 Å². The van der Waals surface area contributed by atoms with Crippen LogP contribution in [0.15, 0.2) is 17.0 Å². The number of hydrogen-bond acceptors (Lipinski definition) is 2. The molecule has 0 spiro atoms. The summed E-state index contributed by atoms with van der Waals surface area (Å²) in [6, 6.07) is 4.26. The lowest BCUT2D eigenvalue weighted by Gasteiger charge is -2.42. The average Bonchev–Trinajstić information content (AvgIpc) is 2.13. The van der Waals surface area contributed by atoms with Gasteiger partial charge in [0, 0.05) is 15.2 Å². The van der Waals surface area contributed by atoms with Crippen LogP contribution in [0.25, 0.3) is 0 Å². The van der Waals surface area contributed by atoms with E-state index >= 15 is 0 Å². The Morgan fingerprint density at radius 3 is 2.47 bits per heavy atom. The first-order chi connectivity index (χ1) is 7.75. The van der Waals surface area contributed by atoms with Crippen molar-refractivity contribution in [2.75, 3.05) is 0 Å². The number of carbonyl (C=O) groups is 1. The van der Waals surface area contributed by atoms with Crippen molar-refractivity contribution in [1.29, 1.82) is 0 Å². The molecule has 1 aromatic rings. The molecule has 1 nitrogen and oxygen atoms in total. The molecule has 0 atom stereocenters. The predicted molar refractivity (Wildman–Crippen MR) is 74.1 cm³/mol. The maximum absolute atomic E-state index is 11.0. The van der Waals surface area contributed by atoms with Gasteiger partial charge in [0.05, 0.1) is 0 Å². The van der Waals surface area contributed by atoms with Gasteiger partial charge in [-0.25, -0.2) is 0 Å². The second-order valence-corrected chi connectivity index (χ2v) is 7.99. The molecule has 17 heavy (non-hydrogen) atoms. The first-order valence-corrected chi connectivity index (χ1v) is 6.86. The Balaban J connectivity index is 2.62. The van der Waals surface area contributed by atoms with Gasteiger partial charge in [0.15, 0.2) is 0 Å². The third-order valence-corrected chi connectivity index (χ3v) is 4.73. The van der Waals surface area contributed by atoms with Gasteiger partial charge < -0.3 is 0 Å². The normalized spacial score (nSPS) is 20.8. The molecule has 2 rings (SSSR count). The van der Waals surface area contributed by atoms with E-state index in [1.807, 2.05) is 18.7 Å².